The lowest BCUT2D eigenvalue weighted by Gasteiger charge is -2.10. The Morgan fingerprint density at radius 2 is 2.17 bits per heavy atom. The number of hydrogen-bond acceptors (Lipinski definition) is 5. The van der Waals surface area contributed by atoms with Crippen molar-refractivity contribution in [1.82, 2.24) is 0 Å². The van der Waals surface area contributed by atoms with E-state index in [0.717, 1.165) is 6.20 Å². The third kappa shape index (κ3) is 3.26. The lowest BCUT2D eigenvalue weighted by molar-refractivity contribution is 0.472. The van der Waals surface area contributed by atoms with Crippen LogP contribution >= 0.6 is 0 Å². The Bertz CT molecular complexity index is 895. The van der Waals surface area contributed by atoms with E-state index in [4.69, 9.17) is 15.9 Å². The van der Waals surface area contributed by atoms with Gasteiger partial charge in [0, 0.05) is 23.4 Å². The van der Waals surface area contributed by atoms with E-state index >= 15 is 0 Å². The molecule has 2 rings (SSSR count). The smallest absolute Gasteiger partial charge is 0.340 e. The van der Waals surface area contributed by atoms with Gasteiger partial charge in [-0.2, -0.15) is 0 Å². The lowest BCUT2D eigenvalue weighted by Crippen LogP contribution is -2.12. The van der Waals surface area contributed by atoms with Crippen LogP contribution in [0.4, 0.5) is 4.39 Å². The van der Waals surface area contributed by atoms with Crippen LogP contribution in [-0.4, -0.2) is 5.11 Å². The SMILES string of the molecule is C=C(N)/C(F)=C(\C=C/N)Cc1c(C)c2ccc(O)cc2oc1=O. The van der Waals surface area contributed by atoms with Crippen LogP contribution in [0.2, 0.25) is 0 Å². The number of aromatic hydroxyl groups is 1. The molecule has 5 N–H and O–H groups in total. The van der Waals surface area contributed by atoms with Crippen molar-refractivity contribution in [3.8, 4) is 5.75 Å². The van der Waals surface area contributed by atoms with E-state index in [1.54, 1.807) is 13.0 Å². The summed E-state index contributed by atoms with van der Waals surface area (Å²) in [5.41, 5.74) is 11.2. The molecule has 2 aromatic rings. The fourth-order valence-corrected chi connectivity index (χ4v) is 2.31. The zero-order chi connectivity index (χ0) is 17.1. The Morgan fingerprint density at radius 3 is 2.78 bits per heavy atom. The number of phenols is 1. The Hall–Kier alpha value is -3.02. The van der Waals surface area contributed by atoms with Gasteiger partial charge in [0.1, 0.15) is 17.2 Å². The van der Waals surface area contributed by atoms with Crippen LogP contribution in [0.3, 0.4) is 0 Å². The van der Waals surface area contributed by atoms with Gasteiger partial charge in [0.25, 0.3) is 0 Å². The average molecular weight is 316 g/mol. The van der Waals surface area contributed by atoms with Crippen LogP contribution in [0.15, 0.2) is 63.4 Å². The number of hydrogen-bond donors (Lipinski definition) is 3. The summed E-state index contributed by atoms with van der Waals surface area (Å²) in [6, 6.07) is 4.47. The maximum absolute atomic E-state index is 14.1. The Balaban J connectivity index is 2.64. The molecule has 0 radical (unpaired) electrons. The third-order valence-electron chi connectivity index (χ3n) is 3.50. The second-order valence-electron chi connectivity index (χ2n) is 5.07. The molecule has 0 aliphatic carbocycles. The highest BCUT2D eigenvalue weighted by molar-refractivity contribution is 5.82. The van der Waals surface area contributed by atoms with Gasteiger partial charge < -0.3 is 21.0 Å². The van der Waals surface area contributed by atoms with E-state index in [1.165, 1.54) is 18.2 Å². The van der Waals surface area contributed by atoms with Crippen molar-refractivity contribution in [2.45, 2.75) is 13.3 Å². The van der Waals surface area contributed by atoms with Gasteiger partial charge in [-0.05, 0) is 42.5 Å². The first-order chi connectivity index (χ1) is 10.8. The predicted molar refractivity (Wildman–Crippen MR) is 87.4 cm³/mol. The predicted octanol–water partition coefficient (Wildman–Crippen LogP) is 2.52. The molecule has 0 aliphatic rings. The van der Waals surface area contributed by atoms with Crippen LogP contribution < -0.4 is 17.1 Å². The molecule has 1 heterocycles. The fraction of sp³-hybridized carbons (Fsp3) is 0.118. The Kier molecular flexibility index (Phi) is 4.55. The highest BCUT2D eigenvalue weighted by Gasteiger charge is 2.15. The molecule has 23 heavy (non-hydrogen) atoms. The van der Waals surface area contributed by atoms with Gasteiger partial charge in [-0.25, -0.2) is 9.18 Å². The Morgan fingerprint density at radius 1 is 1.48 bits per heavy atom. The van der Waals surface area contributed by atoms with Crippen molar-refractivity contribution in [3.63, 3.8) is 0 Å². The number of allylic oxidation sites excluding steroid dienone is 3. The van der Waals surface area contributed by atoms with E-state index < -0.39 is 11.5 Å². The van der Waals surface area contributed by atoms with Crippen LogP contribution in [0.5, 0.6) is 5.75 Å². The van der Waals surface area contributed by atoms with E-state index in [-0.39, 0.29) is 34.6 Å². The summed E-state index contributed by atoms with van der Waals surface area (Å²) in [5, 5.41) is 10.1. The molecule has 0 saturated carbocycles. The van der Waals surface area contributed by atoms with E-state index in [0.29, 0.717) is 10.9 Å². The van der Waals surface area contributed by atoms with Gasteiger partial charge >= 0.3 is 5.63 Å². The molecule has 0 unspecified atom stereocenters. The first-order valence-corrected chi connectivity index (χ1v) is 6.82. The molecule has 6 heteroatoms. The largest absolute Gasteiger partial charge is 0.508 e. The van der Waals surface area contributed by atoms with Crippen molar-refractivity contribution >= 4 is 11.0 Å². The standard InChI is InChI=1S/C17H17FN2O3/c1-9-13-4-3-12(21)8-15(13)23-17(22)14(9)7-11(5-6-19)16(18)10(2)20/h3-6,8,21H,2,7,19-20H2,1H3/b6-5-,16-11-. The molecule has 0 amide bonds. The van der Waals surface area contributed by atoms with Gasteiger partial charge in [0.2, 0.25) is 0 Å². The fourth-order valence-electron chi connectivity index (χ4n) is 2.31. The molecule has 0 aliphatic heterocycles. The van der Waals surface area contributed by atoms with Crippen molar-refractivity contribution in [3.05, 3.63) is 75.7 Å². The Labute approximate surface area is 132 Å². The van der Waals surface area contributed by atoms with Crippen LogP contribution in [0.1, 0.15) is 11.1 Å². The van der Waals surface area contributed by atoms with E-state index in [2.05, 4.69) is 6.58 Å². The highest BCUT2D eigenvalue weighted by atomic mass is 19.1. The normalized spacial score (nSPS) is 12.6. The van der Waals surface area contributed by atoms with E-state index in [1.807, 2.05) is 0 Å². The number of phenolic OH excluding ortho intramolecular Hbond substituents is 1. The second-order valence-corrected chi connectivity index (χ2v) is 5.07. The number of benzene rings is 1. The molecule has 1 aromatic carbocycles. The lowest BCUT2D eigenvalue weighted by atomic mass is 9.98. The monoisotopic (exact) mass is 316 g/mol. The molecule has 0 atom stereocenters. The van der Waals surface area contributed by atoms with Crippen molar-refractivity contribution < 1.29 is 13.9 Å². The van der Waals surface area contributed by atoms with Gasteiger partial charge in [0.15, 0.2) is 0 Å². The number of rotatable bonds is 4. The van der Waals surface area contributed by atoms with Gasteiger partial charge in [-0.3, -0.25) is 0 Å². The molecule has 0 saturated heterocycles. The van der Waals surface area contributed by atoms with Crippen molar-refractivity contribution in [2.75, 3.05) is 0 Å². The number of fused-ring (bicyclic) bond motifs is 1. The van der Waals surface area contributed by atoms with Gasteiger partial charge in [0.05, 0.1) is 5.70 Å². The molecule has 120 valence electrons. The molecule has 5 nitrogen and oxygen atoms in total. The maximum Gasteiger partial charge on any atom is 0.340 e. The van der Waals surface area contributed by atoms with Gasteiger partial charge in [-0.15, -0.1) is 0 Å². The minimum Gasteiger partial charge on any atom is -0.508 e. The van der Waals surface area contributed by atoms with Crippen LogP contribution in [-0.2, 0) is 6.42 Å². The summed E-state index contributed by atoms with van der Waals surface area (Å²) in [7, 11) is 0. The minimum atomic E-state index is -0.726. The zero-order valence-electron chi connectivity index (χ0n) is 12.6. The highest BCUT2D eigenvalue weighted by Crippen LogP contribution is 2.25. The number of halogens is 1. The van der Waals surface area contributed by atoms with Gasteiger partial charge in [-0.1, -0.05) is 6.58 Å². The molecular weight excluding hydrogens is 299 g/mol. The van der Waals surface area contributed by atoms with Crippen molar-refractivity contribution in [1.29, 1.82) is 0 Å². The topological polar surface area (TPSA) is 102 Å². The average Bonchev–Trinajstić information content (AvgIpc) is 2.49. The van der Waals surface area contributed by atoms with E-state index in [9.17, 15) is 14.3 Å². The summed E-state index contributed by atoms with van der Waals surface area (Å²) < 4.78 is 19.3. The quantitative estimate of drug-likeness (QED) is 0.594. The van der Waals surface area contributed by atoms with Crippen molar-refractivity contribution in [2.24, 2.45) is 11.5 Å². The molecule has 1 aromatic heterocycles. The number of nitrogens with two attached hydrogens (primary N) is 2. The first kappa shape index (κ1) is 16.4. The minimum absolute atomic E-state index is 0.00933. The summed E-state index contributed by atoms with van der Waals surface area (Å²) in [6.07, 6.45) is 2.45. The summed E-state index contributed by atoms with van der Waals surface area (Å²) in [4.78, 5) is 12.2. The molecule has 0 bridgehead atoms. The zero-order valence-corrected chi connectivity index (χ0v) is 12.6. The number of aryl methyl sites for hydroxylation is 1. The molecule has 0 spiro atoms. The molecular formula is C17H17FN2O3. The summed E-state index contributed by atoms with van der Waals surface area (Å²) in [6.45, 7) is 5.07. The first-order valence-electron chi connectivity index (χ1n) is 6.82. The maximum atomic E-state index is 14.1. The third-order valence-corrected chi connectivity index (χ3v) is 3.50. The molecule has 0 fully saturated rings. The summed E-state index contributed by atoms with van der Waals surface area (Å²) in [5.74, 6) is -0.735. The summed E-state index contributed by atoms with van der Waals surface area (Å²) >= 11 is 0. The second kappa shape index (κ2) is 6.39. The van der Waals surface area contributed by atoms with Crippen LogP contribution in [0.25, 0.3) is 11.0 Å². The van der Waals surface area contributed by atoms with Crippen LogP contribution in [0, 0.1) is 6.92 Å².